The Morgan fingerprint density at radius 3 is 2.58 bits per heavy atom. The van der Waals surface area contributed by atoms with Gasteiger partial charge < -0.3 is 5.32 Å². The lowest BCUT2D eigenvalue weighted by Gasteiger charge is -2.33. The Morgan fingerprint density at radius 2 is 1.85 bits per heavy atom. The number of nitriles is 1. The molecule has 3 rings (SSSR count). The Kier molecular flexibility index (Phi) is 5.94. The highest BCUT2D eigenvalue weighted by Crippen LogP contribution is 2.26. The first kappa shape index (κ1) is 18.9. The largest absolute Gasteiger partial charge is 0.353 e. The van der Waals surface area contributed by atoms with Crippen LogP contribution < -0.4 is 5.32 Å². The molecule has 1 aliphatic heterocycles. The van der Waals surface area contributed by atoms with Gasteiger partial charge in [-0.2, -0.15) is 9.57 Å². The second kappa shape index (κ2) is 8.19. The summed E-state index contributed by atoms with van der Waals surface area (Å²) in [4.78, 5) is 12.6. The first-order chi connectivity index (χ1) is 12.5. The first-order valence-electron chi connectivity index (χ1n) is 9.32. The number of carbonyl (C=O) groups is 1. The van der Waals surface area contributed by atoms with Crippen LogP contribution in [0.3, 0.4) is 0 Å². The summed E-state index contributed by atoms with van der Waals surface area (Å²) >= 11 is 0. The van der Waals surface area contributed by atoms with Crippen LogP contribution in [0.4, 0.5) is 0 Å². The zero-order valence-corrected chi connectivity index (χ0v) is 15.7. The number of hydrogen-bond acceptors (Lipinski definition) is 4. The van der Waals surface area contributed by atoms with Gasteiger partial charge in [0.15, 0.2) is 0 Å². The van der Waals surface area contributed by atoms with Crippen LogP contribution in [0.1, 0.15) is 50.5 Å². The molecule has 1 amide bonds. The van der Waals surface area contributed by atoms with Crippen LogP contribution in [-0.2, 0) is 14.8 Å². The fraction of sp³-hybridized carbons (Fsp3) is 0.579. The maximum absolute atomic E-state index is 13.0. The van der Waals surface area contributed by atoms with E-state index in [0.29, 0.717) is 19.4 Å². The minimum atomic E-state index is -3.77. The number of nitrogens with zero attached hydrogens (tertiary/aromatic N) is 2. The molecule has 0 unspecified atom stereocenters. The van der Waals surface area contributed by atoms with Crippen LogP contribution in [0.25, 0.3) is 0 Å². The number of sulfonamides is 1. The monoisotopic (exact) mass is 375 g/mol. The Balaban J connectivity index is 1.71. The molecule has 0 radical (unpaired) electrons. The molecule has 7 heteroatoms. The summed E-state index contributed by atoms with van der Waals surface area (Å²) in [6.07, 6.45) is 6.87. The Labute approximate surface area is 155 Å². The molecular weight excluding hydrogens is 350 g/mol. The molecule has 140 valence electrons. The third-order valence-electron chi connectivity index (χ3n) is 5.33. The van der Waals surface area contributed by atoms with Crippen molar-refractivity contribution in [1.82, 2.24) is 9.62 Å². The minimum Gasteiger partial charge on any atom is -0.353 e. The summed E-state index contributed by atoms with van der Waals surface area (Å²) in [6, 6.07) is 8.39. The van der Waals surface area contributed by atoms with Gasteiger partial charge in [-0.25, -0.2) is 8.42 Å². The molecule has 0 aromatic heterocycles. The molecule has 1 saturated carbocycles. The lowest BCUT2D eigenvalue weighted by atomic mass is 9.93. The van der Waals surface area contributed by atoms with Crippen molar-refractivity contribution in [2.75, 3.05) is 13.1 Å². The van der Waals surface area contributed by atoms with Crippen LogP contribution in [0.2, 0.25) is 0 Å². The van der Waals surface area contributed by atoms with E-state index in [9.17, 15) is 18.5 Å². The Hall–Kier alpha value is -1.91. The highest BCUT2D eigenvalue weighted by molar-refractivity contribution is 7.89. The van der Waals surface area contributed by atoms with Crippen LogP contribution in [0, 0.1) is 17.2 Å². The van der Waals surface area contributed by atoms with E-state index >= 15 is 0 Å². The molecule has 6 nitrogen and oxygen atoms in total. The van der Waals surface area contributed by atoms with Gasteiger partial charge in [-0.1, -0.05) is 31.4 Å². The van der Waals surface area contributed by atoms with Crippen molar-refractivity contribution >= 4 is 15.9 Å². The minimum absolute atomic E-state index is 0.0239. The van der Waals surface area contributed by atoms with Crippen LogP contribution >= 0.6 is 0 Å². The fourth-order valence-corrected chi connectivity index (χ4v) is 5.53. The van der Waals surface area contributed by atoms with E-state index in [2.05, 4.69) is 5.32 Å². The summed E-state index contributed by atoms with van der Waals surface area (Å²) in [6.45, 7) is 0.565. The van der Waals surface area contributed by atoms with E-state index in [-0.39, 0.29) is 34.9 Å². The number of nitrogens with one attached hydrogen (secondary N) is 1. The molecule has 1 aromatic carbocycles. The van der Waals surface area contributed by atoms with Gasteiger partial charge >= 0.3 is 0 Å². The third kappa shape index (κ3) is 4.08. The second-order valence-electron chi connectivity index (χ2n) is 7.15. The van der Waals surface area contributed by atoms with Gasteiger partial charge in [-0.3, -0.25) is 4.79 Å². The normalized spacial score (nSPS) is 22.5. The van der Waals surface area contributed by atoms with Crippen LogP contribution in [0.5, 0.6) is 0 Å². The molecule has 1 heterocycles. The molecular formula is C19H25N3O3S. The highest BCUT2D eigenvalue weighted by atomic mass is 32.2. The van der Waals surface area contributed by atoms with Gasteiger partial charge in [0.25, 0.3) is 0 Å². The zero-order chi connectivity index (χ0) is 18.6. The van der Waals surface area contributed by atoms with Crippen LogP contribution in [-0.4, -0.2) is 37.8 Å². The number of piperidine rings is 1. The third-order valence-corrected chi connectivity index (χ3v) is 7.26. The van der Waals surface area contributed by atoms with Crippen molar-refractivity contribution in [2.24, 2.45) is 5.92 Å². The van der Waals surface area contributed by atoms with E-state index < -0.39 is 10.0 Å². The van der Waals surface area contributed by atoms with Crippen molar-refractivity contribution in [3.63, 3.8) is 0 Å². The van der Waals surface area contributed by atoms with Crippen molar-refractivity contribution in [1.29, 1.82) is 5.26 Å². The zero-order valence-electron chi connectivity index (χ0n) is 14.9. The number of amides is 1. The number of carbonyl (C=O) groups excluding carboxylic acids is 1. The van der Waals surface area contributed by atoms with Gasteiger partial charge in [0, 0.05) is 19.1 Å². The average molecular weight is 375 g/mol. The van der Waals surface area contributed by atoms with Gasteiger partial charge in [0.1, 0.15) is 6.07 Å². The van der Waals surface area contributed by atoms with Crippen LogP contribution in [0.15, 0.2) is 29.2 Å². The summed E-state index contributed by atoms with van der Waals surface area (Å²) in [5, 5.41) is 12.3. The molecule has 0 spiro atoms. The topological polar surface area (TPSA) is 90.3 Å². The first-order valence-corrected chi connectivity index (χ1v) is 10.8. The Morgan fingerprint density at radius 1 is 1.12 bits per heavy atom. The molecule has 2 aliphatic rings. The van der Waals surface area contributed by atoms with Gasteiger partial charge in [0.05, 0.1) is 16.4 Å². The average Bonchev–Trinajstić information content (AvgIpc) is 2.68. The van der Waals surface area contributed by atoms with Crippen molar-refractivity contribution in [2.45, 2.75) is 55.9 Å². The Bertz CT molecular complexity index is 794. The number of hydrogen-bond donors (Lipinski definition) is 1. The molecule has 0 bridgehead atoms. The van der Waals surface area contributed by atoms with Crippen molar-refractivity contribution in [3.8, 4) is 6.07 Å². The number of rotatable bonds is 4. The molecule has 2 fully saturated rings. The molecule has 26 heavy (non-hydrogen) atoms. The van der Waals surface area contributed by atoms with E-state index in [0.717, 1.165) is 25.7 Å². The SMILES string of the molecule is N#Cc1ccccc1S(=O)(=O)N1CCC[C@H](C(=O)NC2CCCCC2)C1. The summed E-state index contributed by atoms with van der Waals surface area (Å²) in [5.74, 6) is -0.361. The van der Waals surface area contributed by atoms with E-state index in [1.54, 1.807) is 12.1 Å². The quantitative estimate of drug-likeness (QED) is 0.875. The molecule has 1 aliphatic carbocycles. The number of benzene rings is 1. The molecule has 1 saturated heterocycles. The van der Waals surface area contributed by atoms with Crippen molar-refractivity contribution < 1.29 is 13.2 Å². The molecule has 1 aromatic rings. The standard InChI is InChI=1S/C19H25N3O3S/c20-13-15-7-4-5-11-18(15)26(24,25)22-12-6-8-16(14-22)19(23)21-17-9-2-1-3-10-17/h4-5,7,11,16-17H,1-3,6,8-10,12,14H2,(H,21,23)/t16-/m0/s1. The van der Waals surface area contributed by atoms with E-state index in [1.165, 1.54) is 22.9 Å². The lowest BCUT2D eigenvalue weighted by molar-refractivity contribution is -0.127. The fourth-order valence-electron chi connectivity index (χ4n) is 3.86. The van der Waals surface area contributed by atoms with Gasteiger partial charge in [-0.05, 0) is 37.8 Å². The second-order valence-corrected chi connectivity index (χ2v) is 9.06. The predicted octanol–water partition coefficient (Wildman–Crippen LogP) is 2.41. The van der Waals surface area contributed by atoms with Crippen molar-refractivity contribution in [3.05, 3.63) is 29.8 Å². The van der Waals surface area contributed by atoms with Gasteiger partial charge in [-0.15, -0.1) is 0 Å². The van der Waals surface area contributed by atoms with E-state index in [1.807, 2.05) is 6.07 Å². The van der Waals surface area contributed by atoms with E-state index in [4.69, 9.17) is 0 Å². The molecule has 1 N–H and O–H groups in total. The maximum atomic E-state index is 13.0. The lowest BCUT2D eigenvalue weighted by Crippen LogP contribution is -2.47. The predicted molar refractivity (Wildman–Crippen MR) is 97.7 cm³/mol. The summed E-state index contributed by atoms with van der Waals surface area (Å²) in [5.41, 5.74) is 0.140. The summed E-state index contributed by atoms with van der Waals surface area (Å²) < 4.78 is 27.3. The van der Waals surface area contributed by atoms with Gasteiger partial charge in [0.2, 0.25) is 15.9 Å². The maximum Gasteiger partial charge on any atom is 0.244 e. The summed E-state index contributed by atoms with van der Waals surface area (Å²) in [7, 11) is -3.77. The molecule has 1 atom stereocenters. The smallest absolute Gasteiger partial charge is 0.244 e. The highest BCUT2D eigenvalue weighted by Gasteiger charge is 2.35.